The smallest absolute Gasteiger partial charge is 0.296 e. The fourth-order valence-electron chi connectivity index (χ4n) is 1.53. The van der Waals surface area contributed by atoms with Crippen LogP contribution in [0.3, 0.4) is 0 Å². The Morgan fingerprint density at radius 1 is 1.52 bits per heavy atom. The first kappa shape index (κ1) is 16.0. The Morgan fingerprint density at radius 3 is 2.78 bits per heavy atom. The summed E-state index contributed by atoms with van der Waals surface area (Å²) < 4.78 is 31.8. The molecule has 0 aliphatic carbocycles. The number of nitro benzene ring substituents is 1. The number of nitrogens with one attached hydrogen (secondary N) is 2. The number of anilines is 1. The number of rotatable bonds is 5. The molecule has 1 heterocycles. The third kappa shape index (κ3) is 3.64. The first-order valence-electron chi connectivity index (χ1n) is 5.69. The van der Waals surface area contributed by atoms with Crippen LogP contribution in [0.15, 0.2) is 29.3 Å². The standard InChI is InChI=1S/C10H7N7O5S/c11-4-6(10-13-15-16-14-10)5-12-8-2-1-7(17(18)19)3-9(8)23(20,21)22/h1-3,5,12H,(H,20,21,22)(H,13,14,15,16). The van der Waals surface area contributed by atoms with Crippen LogP contribution in [0, 0.1) is 21.4 Å². The van der Waals surface area contributed by atoms with Gasteiger partial charge < -0.3 is 5.32 Å². The van der Waals surface area contributed by atoms with Crippen molar-refractivity contribution in [2.24, 2.45) is 0 Å². The number of aromatic amines is 1. The largest absolute Gasteiger partial charge is 0.359 e. The van der Waals surface area contributed by atoms with E-state index in [2.05, 4.69) is 25.9 Å². The van der Waals surface area contributed by atoms with Gasteiger partial charge in [-0.15, -0.1) is 10.2 Å². The van der Waals surface area contributed by atoms with E-state index in [1.54, 1.807) is 6.07 Å². The molecule has 0 aliphatic rings. The number of benzene rings is 1. The molecule has 23 heavy (non-hydrogen) atoms. The summed E-state index contributed by atoms with van der Waals surface area (Å²) in [5.74, 6) is -0.0460. The lowest BCUT2D eigenvalue weighted by Gasteiger charge is -2.06. The van der Waals surface area contributed by atoms with E-state index in [1.165, 1.54) is 0 Å². The molecule has 0 atom stereocenters. The van der Waals surface area contributed by atoms with Crippen molar-refractivity contribution < 1.29 is 17.9 Å². The minimum absolute atomic E-state index is 0.0460. The Kier molecular flexibility index (Phi) is 4.30. The average Bonchev–Trinajstić information content (AvgIpc) is 3.01. The van der Waals surface area contributed by atoms with Gasteiger partial charge in [0.25, 0.3) is 15.8 Å². The molecule has 2 aromatic rings. The zero-order valence-electron chi connectivity index (χ0n) is 11.0. The molecule has 0 saturated heterocycles. The number of allylic oxidation sites excluding steroid dienone is 1. The summed E-state index contributed by atoms with van der Waals surface area (Å²) in [6, 6.07) is 4.55. The van der Waals surface area contributed by atoms with Gasteiger partial charge in [0.15, 0.2) is 0 Å². The van der Waals surface area contributed by atoms with Gasteiger partial charge in [0.1, 0.15) is 16.5 Å². The van der Waals surface area contributed by atoms with Crippen LogP contribution in [0.5, 0.6) is 0 Å². The molecule has 0 radical (unpaired) electrons. The van der Waals surface area contributed by atoms with E-state index in [9.17, 15) is 18.5 Å². The quantitative estimate of drug-likeness (QED) is 0.297. The van der Waals surface area contributed by atoms with Crippen molar-refractivity contribution in [3.8, 4) is 6.07 Å². The highest BCUT2D eigenvalue weighted by Gasteiger charge is 2.20. The molecule has 1 aromatic carbocycles. The summed E-state index contributed by atoms with van der Waals surface area (Å²) in [7, 11) is -4.73. The lowest BCUT2D eigenvalue weighted by molar-refractivity contribution is -0.385. The minimum Gasteiger partial charge on any atom is -0.359 e. The zero-order valence-corrected chi connectivity index (χ0v) is 11.9. The number of nitro groups is 1. The Hall–Kier alpha value is -3.37. The summed E-state index contributed by atoms with van der Waals surface area (Å²) in [4.78, 5) is 9.16. The highest BCUT2D eigenvalue weighted by molar-refractivity contribution is 7.86. The molecule has 13 heteroatoms. The molecule has 118 valence electrons. The van der Waals surface area contributed by atoms with E-state index in [0.29, 0.717) is 6.07 Å². The summed E-state index contributed by atoms with van der Waals surface area (Å²) in [5, 5.41) is 34.7. The molecule has 0 bridgehead atoms. The number of non-ortho nitro benzene ring substituents is 1. The highest BCUT2D eigenvalue weighted by Crippen LogP contribution is 2.26. The van der Waals surface area contributed by atoms with Gasteiger partial charge in [-0.2, -0.15) is 18.9 Å². The van der Waals surface area contributed by atoms with E-state index in [0.717, 1.165) is 18.3 Å². The second-order valence-electron chi connectivity index (χ2n) is 3.96. The number of hydrogen-bond acceptors (Lipinski definition) is 9. The average molecular weight is 337 g/mol. The number of H-pyrrole nitrogens is 1. The van der Waals surface area contributed by atoms with E-state index >= 15 is 0 Å². The molecule has 0 fully saturated rings. The van der Waals surface area contributed by atoms with Gasteiger partial charge in [0.05, 0.1) is 10.6 Å². The highest BCUT2D eigenvalue weighted by atomic mass is 32.2. The molecule has 2 rings (SSSR count). The fraction of sp³-hybridized carbons (Fsp3) is 0. The van der Waals surface area contributed by atoms with Crippen molar-refractivity contribution in [3.63, 3.8) is 0 Å². The normalized spacial score (nSPS) is 11.7. The fourth-order valence-corrected chi connectivity index (χ4v) is 2.20. The molecule has 0 amide bonds. The van der Waals surface area contributed by atoms with Crippen molar-refractivity contribution in [3.05, 3.63) is 40.3 Å². The molecule has 1 aromatic heterocycles. The number of aromatic nitrogens is 4. The third-order valence-corrected chi connectivity index (χ3v) is 3.43. The predicted molar refractivity (Wildman–Crippen MR) is 74.3 cm³/mol. The van der Waals surface area contributed by atoms with Crippen LogP contribution < -0.4 is 5.32 Å². The maximum absolute atomic E-state index is 11.3. The number of nitrogens with zero attached hydrogens (tertiary/aromatic N) is 5. The van der Waals surface area contributed by atoms with E-state index in [4.69, 9.17) is 9.81 Å². The number of tetrazole rings is 1. The Bertz CT molecular complexity index is 914. The van der Waals surface area contributed by atoms with Gasteiger partial charge in [0, 0.05) is 18.3 Å². The van der Waals surface area contributed by atoms with Gasteiger partial charge in [-0.1, -0.05) is 0 Å². The summed E-state index contributed by atoms with van der Waals surface area (Å²) in [5.41, 5.74) is -0.779. The molecular formula is C10H7N7O5S. The summed E-state index contributed by atoms with van der Waals surface area (Å²) in [6.07, 6.45) is 1.07. The Balaban J connectivity index is 2.44. The third-order valence-electron chi connectivity index (χ3n) is 2.53. The lowest BCUT2D eigenvalue weighted by Crippen LogP contribution is -2.04. The molecular weight excluding hydrogens is 330 g/mol. The topological polar surface area (TPSA) is 188 Å². The van der Waals surface area contributed by atoms with E-state index < -0.39 is 25.6 Å². The SMILES string of the molecule is N#CC(=CNc1ccc([N+](=O)[O-])cc1S(=O)(=O)O)c1nn[nH]n1. The van der Waals surface area contributed by atoms with Crippen LogP contribution in [0.2, 0.25) is 0 Å². The molecule has 0 aliphatic heterocycles. The Labute approximate surface area is 128 Å². The summed E-state index contributed by atoms with van der Waals surface area (Å²) in [6.45, 7) is 0. The van der Waals surface area contributed by atoms with Crippen LogP contribution in [0.25, 0.3) is 5.57 Å². The molecule has 12 nitrogen and oxygen atoms in total. The number of nitriles is 1. The van der Waals surface area contributed by atoms with Crippen molar-refractivity contribution in [1.29, 1.82) is 5.26 Å². The first-order chi connectivity index (χ1) is 10.8. The molecule has 3 N–H and O–H groups in total. The predicted octanol–water partition coefficient (Wildman–Crippen LogP) is 0.331. The monoisotopic (exact) mass is 337 g/mol. The van der Waals surface area contributed by atoms with Gasteiger partial charge >= 0.3 is 0 Å². The van der Waals surface area contributed by atoms with Crippen LogP contribution in [-0.2, 0) is 10.1 Å². The molecule has 0 saturated carbocycles. The van der Waals surface area contributed by atoms with Crippen LogP contribution in [0.4, 0.5) is 11.4 Å². The maximum Gasteiger partial charge on any atom is 0.296 e. The van der Waals surface area contributed by atoms with Crippen molar-refractivity contribution >= 4 is 27.1 Å². The Morgan fingerprint density at radius 2 is 2.26 bits per heavy atom. The lowest BCUT2D eigenvalue weighted by atomic mass is 10.2. The van der Waals surface area contributed by atoms with Gasteiger partial charge in [-0.05, 0) is 11.3 Å². The second-order valence-corrected chi connectivity index (χ2v) is 5.35. The van der Waals surface area contributed by atoms with Crippen molar-refractivity contribution in [2.45, 2.75) is 4.90 Å². The van der Waals surface area contributed by atoms with Crippen LogP contribution in [-0.4, -0.2) is 38.5 Å². The second kappa shape index (κ2) is 6.17. The number of hydrogen-bond donors (Lipinski definition) is 3. The summed E-state index contributed by atoms with van der Waals surface area (Å²) >= 11 is 0. The van der Waals surface area contributed by atoms with Gasteiger partial charge in [0.2, 0.25) is 5.82 Å². The van der Waals surface area contributed by atoms with E-state index in [1.807, 2.05) is 0 Å². The zero-order chi connectivity index (χ0) is 17.0. The van der Waals surface area contributed by atoms with E-state index in [-0.39, 0.29) is 17.1 Å². The first-order valence-corrected chi connectivity index (χ1v) is 7.13. The van der Waals surface area contributed by atoms with Crippen molar-refractivity contribution in [1.82, 2.24) is 20.6 Å². The molecule has 0 unspecified atom stereocenters. The van der Waals surface area contributed by atoms with Gasteiger partial charge in [-0.3, -0.25) is 14.7 Å². The minimum atomic E-state index is -4.73. The maximum atomic E-state index is 11.3. The van der Waals surface area contributed by atoms with Crippen molar-refractivity contribution in [2.75, 3.05) is 5.32 Å². The van der Waals surface area contributed by atoms with Crippen LogP contribution in [0.1, 0.15) is 5.82 Å². The van der Waals surface area contributed by atoms with Crippen LogP contribution >= 0.6 is 0 Å². The molecule has 0 spiro atoms. The van der Waals surface area contributed by atoms with Gasteiger partial charge in [-0.25, -0.2) is 0 Å².